The number of hydrogen-bond acceptors (Lipinski definition) is 3. The Balaban J connectivity index is 4.15. The highest BCUT2D eigenvalue weighted by Crippen LogP contribution is 2.20. The molecule has 0 unspecified atom stereocenters. The van der Waals surface area contributed by atoms with Crippen LogP contribution in [0.25, 0.3) is 0 Å². The maximum atomic E-state index is 8.92. The van der Waals surface area contributed by atoms with Crippen molar-refractivity contribution in [2.75, 3.05) is 19.7 Å². The number of nitrogens with one attached hydrogen (secondary N) is 1. The lowest BCUT2D eigenvalue weighted by atomic mass is 9.88. The van der Waals surface area contributed by atoms with Crippen molar-refractivity contribution in [3.8, 4) is 0 Å². The summed E-state index contributed by atoms with van der Waals surface area (Å²) in [6.07, 6.45) is 0.848. The summed E-state index contributed by atoms with van der Waals surface area (Å²) < 4.78 is 0. The molecule has 4 N–H and O–H groups in total. The van der Waals surface area contributed by atoms with E-state index in [-0.39, 0.29) is 17.9 Å². The lowest BCUT2D eigenvalue weighted by molar-refractivity contribution is 0.154. The van der Waals surface area contributed by atoms with Gasteiger partial charge in [0.15, 0.2) is 0 Å². The Morgan fingerprint density at radius 1 is 1.40 bits per heavy atom. The highest BCUT2D eigenvalue weighted by molar-refractivity contribution is 5.82. The second kappa shape index (κ2) is 6.08. The van der Waals surface area contributed by atoms with Gasteiger partial charge in [-0.3, -0.25) is 10.3 Å². The molecule has 0 aromatic heterocycles. The van der Waals surface area contributed by atoms with Crippen LogP contribution in [0, 0.1) is 10.8 Å². The van der Waals surface area contributed by atoms with E-state index < -0.39 is 0 Å². The summed E-state index contributed by atoms with van der Waals surface area (Å²) in [7, 11) is 0. The minimum absolute atomic E-state index is 0.179. The molecule has 0 saturated carbocycles. The predicted molar refractivity (Wildman–Crippen MR) is 64.1 cm³/mol. The summed E-state index contributed by atoms with van der Waals surface area (Å²) in [6.45, 7) is 9.90. The highest BCUT2D eigenvalue weighted by Gasteiger charge is 2.23. The Bertz CT molecular complexity index is 202. The third-order valence-electron chi connectivity index (χ3n) is 2.87. The minimum atomic E-state index is -0.247. The van der Waals surface area contributed by atoms with Gasteiger partial charge in [-0.05, 0) is 26.8 Å². The molecule has 0 bridgehead atoms. The van der Waals surface area contributed by atoms with Gasteiger partial charge in [0.25, 0.3) is 0 Å². The van der Waals surface area contributed by atoms with E-state index in [4.69, 9.17) is 16.2 Å². The molecule has 0 spiro atoms. The lowest BCUT2D eigenvalue weighted by Crippen LogP contribution is -2.39. The van der Waals surface area contributed by atoms with Crippen LogP contribution in [0.3, 0.4) is 0 Å². The normalized spacial score (nSPS) is 12.5. The molecule has 0 aliphatic carbocycles. The van der Waals surface area contributed by atoms with E-state index >= 15 is 0 Å². The van der Waals surface area contributed by atoms with Crippen molar-refractivity contribution in [3.63, 3.8) is 0 Å². The van der Waals surface area contributed by atoms with Crippen molar-refractivity contribution in [1.29, 1.82) is 5.41 Å². The summed E-state index contributed by atoms with van der Waals surface area (Å²) in [5.74, 6) is 0.232. The first-order valence-corrected chi connectivity index (χ1v) is 5.50. The summed E-state index contributed by atoms with van der Waals surface area (Å²) in [5.41, 5.74) is 5.27. The van der Waals surface area contributed by atoms with Crippen LogP contribution in [0.1, 0.15) is 34.1 Å². The second-order valence-corrected chi connectivity index (χ2v) is 4.90. The largest absolute Gasteiger partial charge is 0.395 e. The van der Waals surface area contributed by atoms with Crippen molar-refractivity contribution in [1.82, 2.24) is 4.90 Å². The smallest absolute Gasteiger partial charge is 0.0963 e. The topological polar surface area (TPSA) is 73.3 Å². The van der Waals surface area contributed by atoms with Crippen LogP contribution in [-0.4, -0.2) is 41.6 Å². The summed E-state index contributed by atoms with van der Waals surface area (Å²) in [5, 5.41) is 16.4. The van der Waals surface area contributed by atoms with Crippen molar-refractivity contribution >= 4 is 5.84 Å². The molecule has 0 atom stereocenters. The fraction of sp³-hybridized carbons (Fsp3) is 0.909. The van der Waals surface area contributed by atoms with Crippen LogP contribution in [0.4, 0.5) is 0 Å². The molecule has 0 heterocycles. The molecule has 0 radical (unpaired) electrons. The minimum Gasteiger partial charge on any atom is -0.395 e. The Labute approximate surface area is 93.0 Å². The van der Waals surface area contributed by atoms with Crippen LogP contribution >= 0.6 is 0 Å². The number of aliphatic hydroxyl groups excluding tert-OH is 1. The van der Waals surface area contributed by atoms with Crippen LogP contribution in [0.2, 0.25) is 0 Å². The molecule has 0 amide bonds. The van der Waals surface area contributed by atoms with E-state index in [9.17, 15) is 0 Å². The Morgan fingerprint density at radius 2 is 1.93 bits per heavy atom. The van der Waals surface area contributed by atoms with Crippen molar-refractivity contribution < 1.29 is 5.11 Å². The number of nitrogens with two attached hydrogens (primary N) is 1. The van der Waals surface area contributed by atoms with E-state index in [1.54, 1.807) is 0 Å². The van der Waals surface area contributed by atoms with Crippen LogP contribution in [0.15, 0.2) is 0 Å². The quantitative estimate of drug-likeness (QED) is 0.439. The Hall–Kier alpha value is -0.610. The van der Waals surface area contributed by atoms with Gasteiger partial charge in [-0.1, -0.05) is 13.8 Å². The Kier molecular flexibility index (Phi) is 5.83. The lowest BCUT2D eigenvalue weighted by Gasteiger charge is -2.30. The van der Waals surface area contributed by atoms with Crippen molar-refractivity contribution in [2.45, 2.75) is 40.2 Å². The third kappa shape index (κ3) is 5.14. The summed E-state index contributed by atoms with van der Waals surface area (Å²) >= 11 is 0. The molecular weight excluding hydrogens is 190 g/mol. The maximum Gasteiger partial charge on any atom is 0.0963 e. The molecule has 15 heavy (non-hydrogen) atoms. The van der Waals surface area contributed by atoms with E-state index in [1.807, 2.05) is 13.8 Å². The molecule has 0 aliphatic rings. The number of nitrogens with zero attached hydrogens (tertiary/aromatic N) is 1. The van der Waals surface area contributed by atoms with Gasteiger partial charge in [-0.2, -0.15) is 0 Å². The van der Waals surface area contributed by atoms with E-state index in [0.717, 1.165) is 13.0 Å². The standard InChI is InChI=1S/C11H25N3O/c1-9(2)14(7-8-15)6-5-11(3,4)10(12)13/h9,15H,5-8H2,1-4H3,(H3,12,13). The van der Waals surface area contributed by atoms with Crippen molar-refractivity contribution in [3.05, 3.63) is 0 Å². The van der Waals surface area contributed by atoms with Gasteiger partial charge in [0.05, 0.1) is 12.4 Å². The first-order valence-electron chi connectivity index (χ1n) is 5.50. The van der Waals surface area contributed by atoms with Gasteiger partial charge in [-0.15, -0.1) is 0 Å². The number of hydrogen-bond donors (Lipinski definition) is 3. The molecule has 0 rings (SSSR count). The molecule has 4 heteroatoms. The Morgan fingerprint density at radius 3 is 2.27 bits per heavy atom. The van der Waals surface area contributed by atoms with Crippen LogP contribution < -0.4 is 5.73 Å². The van der Waals surface area contributed by atoms with E-state index in [0.29, 0.717) is 12.6 Å². The zero-order chi connectivity index (χ0) is 12.1. The van der Waals surface area contributed by atoms with Gasteiger partial charge in [0.2, 0.25) is 0 Å². The van der Waals surface area contributed by atoms with Crippen molar-refractivity contribution in [2.24, 2.45) is 11.1 Å². The second-order valence-electron chi connectivity index (χ2n) is 4.90. The van der Waals surface area contributed by atoms with Gasteiger partial charge < -0.3 is 10.8 Å². The average molecular weight is 215 g/mol. The molecule has 0 saturated heterocycles. The van der Waals surface area contributed by atoms with Gasteiger partial charge in [-0.25, -0.2) is 0 Å². The van der Waals surface area contributed by atoms with Gasteiger partial charge in [0.1, 0.15) is 0 Å². The molecule has 4 nitrogen and oxygen atoms in total. The fourth-order valence-electron chi connectivity index (χ4n) is 1.31. The fourth-order valence-corrected chi connectivity index (χ4v) is 1.31. The van der Waals surface area contributed by atoms with Gasteiger partial charge >= 0.3 is 0 Å². The summed E-state index contributed by atoms with van der Waals surface area (Å²) in [4.78, 5) is 2.20. The first-order chi connectivity index (χ1) is 6.81. The zero-order valence-electron chi connectivity index (χ0n) is 10.4. The number of amidine groups is 1. The molecular formula is C11H25N3O. The molecule has 0 aromatic rings. The van der Waals surface area contributed by atoms with Gasteiger partial charge in [0, 0.05) is 18.0 Å². The van der Waals surface area contributed by atoms with E-state index in [2.05, 4.69) is 18.7 Å². The van der Waals surface area contributed by atoms with Crippen LogP contribution in [-0.2, 0) is 0 Å². The first kappa shape index (κ1) is 14.4. The zero-order valence-corrected chi connectivity index (χ0v) is 10.4. The molecule has 0 aromatic carbocycles. The summed E-state index contributed by atoms with van der Waals surface area (Å²) in [6, 6.07) is 0.417. The average Bonchev–Trinajstić information content (AvgIpc) is 2.11. The van der Waals surface area contributed by atoms with Crippen LogP contribution in [0.5, 0.6) is 0 Å². The maximum absolute atomic E-state index is 8.92. The SMILES string of the molecule is CC(C)N(CCO)CCC(C)(C)C(=N)N. The molecule has 0 aliphatic heterocycles. The molecule has 0 fully saturated rings. The molecule has 90 valence electrons. The third-order valence-corrected chi connectivity index (χ3v) is 2.87. The van der Waals surface area contributed by atoms with E-state index in [1.165, 1.54) is 0 Å². The number of rotatable bonds is 7. The monoisotopic (exact) mass is 215 g/mol. The highest BCUT2D eigenvalue weighted by atomic mass is 16.3. The number of aliphatic hydroxyl groups is 1. The predicted octanol–water partition coefficient (Wildman–Crippen LogP) is 1.04.